The van der Waals surface area contributed by atoms with E-state index < -0.39 is 0 Å². The molecule has 106 valence electrons. The van der Waals surface area contributed by atoms with Crippen LogP contribution in [0.2, 0.25) is 5.02 Å². The van der Waals surface area contributed by atoms with Gasteiger partial charge < -0.3 is 10.0 Å². The van der Waals surface area contributed by atoms with Crippen molar-refractivity contribution < 1.29 is 5.11 Å². The Kier molecular flexibility index (Phi) is 5.15. The maximum Gasteiger partial charge on any atom is 0.0649 e. The van der Waals surface area contributed by atoms with Gasteiger partial charge in [0.25, 0.3) is 0 Å². The standard InChI is InChI=1S/C15H21ClINO/c1-18(2)10-15(8-4-3-5-14(15)19)11-6-7-12(16)13(17)9-11/h6-7,9,14,19H,3-5,8,10H2,1-2H3/t14-,15-/m1/s1. The van der Waals surface area contributed by atoms with Crippen LogP contribution < -0.4 is 0 Å². The van der Waals surface area contributed by atoms with E-state index in [4.69, 9.17) is 11.6 Å². The molecule has 1 aromatic carbocycles. The first kappa shape index (κ1) is 15.5. The van der Waals surface area contributed by atoms with E-state index in [2.05, 4.69) is 53.7 Å². The lowest BCUT2D eigenvalue weighted by Crippen LogP contribution is -2.49. The molecule has 1 aliphatic carbocycles. The van der Waals surface area contributed by atoms with Crippen molar-refractivity contribution in [3.05, 3.63) is 32.4 Å². The molecule has 2 atom stereocenters. The summed E-state index contributed by atoms with van der Waals surface area (Å²) in [6, 6.07) is 6.18. The van der Waals surface area contributed by atoms with Crippen LogP contribution in [0.4, 0.5) is 0 Å². The van der Waals surface area contributed by atoms with Crippen molar-refractivity contribution in [2.24, 2.45) is 0 Å². The third-order valence-corrected chi connectivity index (χ3v) is 5.62. The Morgan fingerprint density at radius 2 is 2.16 bits per heavy atom. The van der Waals surface area contributed by atoms with Gasteiger partial charge in [-0.25, -0.2) is 0 Å². The molecule has 0 heterocycles. The lowest BCUT2D eigenvalue weighted by Gasteiger charge is -2.44. The molecule has 0 unspecified atom stereocenters. The van der Waals surface area contributed by atoms with E-state index in [1.54, 1.807) is 0 Å². The number of halogens is 2. The third-order valence-electron chi connectivity index (χ3n) is 4.08. The van der Waals surface area contributed by atoms with Gasteiger partial charge in [0.1, 0.15) is 0 Å². The van der Waals surface area contributed by atoms with Gasteiger partial charge in [-0.05, 0) is 67.2 Å². The summed E-state index contributed by atoms with van der Waals surface area (Å²) < 4.78 is 1.06. The highest BCUT2D eigenvalue weighted by molar-refractivity contribution is 14.1. The number of aliphatic hydroxyl groups is 1. The molecule has 19 heavy (non-hydrogen) atoms. The van der Waals surface area contributed by atoms with Gasteiger partial charge >= 0.3 is 0 Å². The number of hydrogen-bond acceptors (Lipinski definition) is 2. The first-order chi connectivity index (χ1) is 8.95. The van der Waals surface area contributed by atoms with Crippen molar-refractivity contribution in [1.82, 2.24) is 4.90 Å². The van der Waals surface area contributed by atoms with Gasteiger partial charge in [0.15, 0.2) is 0 Å². The van der Waals surface area contributed by atoms with Crippen LogP contribution in [0.25, 0.3) is 0 Å². The highest BCUT2D eigenvalue weighted by atomic mass is 127. The van der Waals surface area contributed by atoms with E-state index in [1.165, 1.54) is 12.0 Å². The number of hydrogen-bond donors (Lipinski definition) is 1. The Balaban J connectivity index is 2.43. The molecule has 0 aliphatic heterocycles. The Bertz CT molecular complexity index is 452. The van der Waals surface area contributed by atoms with Gasteiger partial charge in [-0.1, -0.05) is 30.5 Å². The first-order valence-electron chi connectivity index (χ1n) is 6.74. The van der Waals surface area contributed by atoms with Crippen LogP contribution in [0.5, 0.6) is 0 Å². The molecule has 0 aromatic heterocycles. The zero-order chi connectivity index (χ0) is 14.0. The molecule has 0 saturated heterocycles. The molecular weight excluding hydrogens is 373 g/mol. The molecule has 0 radical (unpaired) electrons. The summed E-state index contributed by atoms with van der Waals surface area (Å²) in [6.07, 6.45) is 3.99. The molecule has 4 heteroatoms. The number of benzene rings is 1. The lowest BCUT2D eigenvalue weighted by molar-refractivity contribution is 0.0264. The van der Waals surface area contributed by atoms with Gasteiger partial charge in [0.2, 0.25) is 0 Å². The monoisotopic (exact) mass is 393 g/mol. The van der Waals surface area contributed by atoms with Gasteiger partial charge in [-0.15, -0.1) is 0 Å². The molecule has 1 aromatic rings. The molecule has 0 spiro atoms. The SMILES string of the molecule is CN(C)C[C@@]1(c2ccc(Cl)c(I)c2)CCCC[C@H]1O. The average molecular weight is 394 g/mol. The molecule has 1 fully saturated rings. The van der Waals surface area contributed by atoms with E-state index in [0.29, 0.717) is 0 Å². The quantitative estimate of drug-likeness (QED) is 0.792. The van der Waals surface area contributed by atoms with Gasteiger partial charge in [-0.3, -0.25) is 0 Å². The molecule has 1 N–H and O–H groups in total. The highest BCUT2D eigenvalue weighted by Crippen LogP contribution is 2.41. The lowest BCUT2D eigenvalue weighted by atomic mass is 9.67. The summed E-state index contributed by atoms with van der Waals surface area (Å²) in [4.78, 5) is 2.18. The third kappa shape index (κ3) is 3.26. The fourth-order valence-electron chi connectivity index (χ4n) is 3.20. The molecule has 1 saturated carbocycles. The number of rotatable bonds is 3. The van der Waals surface area contributed by atoms with E-state index >= 15 is 0 Å². The summed E-state index contributed by atoms with van der Waals surface area (Å²) in [7, 11) is 4.15. The Morgan fingerprint density at radius 3 is 2.74 bits per heavy atom. The Labute approximate surface area is 134 Å². The summed E-state index contributed by atoms with van der Waals surface area (Å²) in [5.74, 6) is 0. The molecular formula is C15H21ClINO. The normalized spacial score (nSPS) is 27.8. The van der Waals surface area contributed by atoms with Crippen LogP contribution >= 0.6 is 34.2 Å². The summed E-state index contributed by atoms with van der Waals surface area (Å²) in [5, 5.41) is 11.4. The second kappa shape index (κ2) is 6.29. The molecule has 2 rings (SSSR count). The summed E-state index contributed by atoms with van der Waals surface area (Å²) in [5.41, 5.74) is 1.08. The predicted molar refractivity (Wildman–Crippen MR) is 88.9 cm³/mol. The van der Waals surface area contributed by atoms with E-state index in [1.807, 2.05) is 6.07 Å². The van der Waals surface area contributed by atoms with Crippen molar-refractivity contribution in [2.45, 2.75) is 37.2 Å². The number of nitrogens with zero attached hydrogens (tertiary/aromatic N) is 1. The maximum absolute atomic E-state index is 10.6. The van der Waals surface area contributed by atoms with Crippen LogP contribution in [0, 0.1) is 3.57 Å². The Hall–Kier alpha value is 0.160. The second-order valence-electron chi connectivity index (χ2n) is 5.78. The topological polar surface area (TPSA) is 23.5 Å². The molecule has 0 bridgehead atoms. The number of likely N-dealkylation sites (N-methyl/N-ethyl adjacent to an activating group) is 1. The molecule has 2 nitrogen and oxygen atoms in total. The fraction of sp³-hybridized carbons (Fsp3) is 0.600. The van der Waals surface area contributed by atoms with Crippen LogP contribution in [-0.4, -0.2) is 36.8 Å². The zero-order valence-electron chi connectivity index (χ0n) is 11.5. The fourth-order valence-corrected chi connectivity index (χ4v) is 3.84. The van der Waals surface area contributed by atoms with E-state index in [-0.39, 0.29) is 11.5 Å². The van der Waals surface area contributed by atoms with Gasteiger partial charge in [0.05, 0.1) is 11.1 Å². The van der Waals surface area contributed by atoms with Crippen molar-refractivity contribution in [2.75, 3.05) is 20.6 Å². The van der Waals surface area contributed by atoms with Crippen molar-refractivity contribution in [1.29, 1.82) is 0 Å². The average Bonchev–Trinajstić information content (AvgIpc) is 2.35. The van der Waals surface area contributed by atoms with Gasteiger partial charge in [0, 0.05) is 15.5 Å². The minimum absolute atomic E-state index is 0.147. The zero-order valence-corrected chi connectivity index (χ0v) is 14.4. The van der Waals surface area contributed by atoms with E-state index in [0.717, 1.165) is 34.4 Å². The van der Waals surface area contributed by atoms with Crippen LogP contribution in [0.3, 0.4) is 0 Å². The van der Waals surface area contributed by atoms with Crippen LogP contribution in [0.15, 0.2) is 18.2 Å². The molecule has 0 amide bonds. The maximum atomic E-state index is 10.6. The van der Waals surface area contributed by atoms with Crippen molar-refractivity contribution in [3.8, 4) is 0 Å². The highest BCUT2D eigenvalue weighted by Gasteiger charge is 2.41. The first-order valence-corrected chi connectivity index (χ1v) is 8.20. The van der Waals surface area contributed by atoms with Crippen molar-refractivity contribution in [3.63, 3.8) is 0 Å². The van der Waals surface area contributed by atoms with Crippen LogP contribution in [-0.2, 0) is 5.41 Å². The van der Waals surface area contributed by atoms with E-state index in [9.17, 15) is 5.11 Å². The van der Waals surface area contributed by atoms with Crippen molar-refractivity contribution >= 4 is 34.2 Å². The second-order valence-corrected chi connectivity index (χ2v) is 7.35. The molecule has 1 aliphatic rings. The predicted octanol–water partition coefficient (Wildman–Crippen LogP) is 3.68. The van der Waals surface area contributed by atoms with Crippen LogP contribution in [0.1, 0.15) is 31.2 Å². The Morgan fingerprint density at radius 1 is 1.42 bits per heavy atom. The van der Waals surface area contributed by atoms with Gasteiger partial charge in [-0.2, -0.15) is 0 Å². The number of aliphatic hydroxyl groups excluding tert-OH is 1. The largest absolute Gasteiger partial charge is 0.392 e. The summed E-state index contributed by atoms with van der Waals surface area (Å²) >= 11 is 8.39. The summed E-state index contributed by atoms with van der Waals surface area (Å²) in [6.45, 7) is 0.881. The minimum atomic E-state index is -0.263. The minimum Gasteiger partial charge on any atom is -0.392 e. The smallest absolute Gasteiger partial charge is 0.0649 e.